The van der Waals surface area contributed by atoms with E-state index < -0.39 is 0 Å². The van der Waals surface area contributed by atoms with Gasteiger partial charge >= 0.3 is 0 Å². The maximum Gasteiger partial charge on any atom is 0.243 e. The monoisotopic (exact) mass is 334 g/mol. The Morgan fingerprint density at radius 2 is 2.22 bits per heavy atom. The molecule has 2 aromatic heterocycles. The number of H-pyrrole nitrogens is 1. The second-order valence-electron chi connectivity index (χ2n) is 5.66. The van der Waals surface area contributed by atoms with Gasteiger partial charge in [0.25, 0.3) is 0 Å². The summed E-state index contributed by atoms with van der Waals surface area (Å²) in [5, 5.41) is 5.19. The van der Waals surface area contributed by atoms with Crippen LogP contribution in [-0.2, 0) is 11.2 Å². The average Bonchev–Trinajstić information content (AvgIpc) is 3.28. The minimum absolute atomic E-state index is 0. The van der Waals surface area contributed by atoms with Crippen molar-refractivity contribution in [2.24, 2.45) is 5.73 Å². The van der Waals surface area contributed by atoms with Crippen molar-refractivity contribution in [2.45, 2.75) is 31.4 Å². The molecule has 1 aliphatic rings. The zero-order valence-corrected chi connectivity index (χ0v) is 13.4. The topological polar surface area (TPSA) is 90.0 Å². The number of para-hydroxylation sites is 1. The molecule has 2 atom stereocenters. The van der Waals surface area contributed by atoms with Crippen molar-refractivity contribution in [1.82, 2.24) is 15.1 Å². The molecule has 1 saturated heterocycles. The molecule has 0 amide bonds. The molecule has 3 aromatic rings. The zero-order valence-electron chi connectivity index (χ0n) is 12.6. The Hall–Kier alpha value is -1.89. The number of nitrogens with two attached hydrogens (primary N) is 1. The number of hydrogen-bond donors (Lipinski definition) is 2. The lowest BCUT2D eigenvalue weighted by molar-refractivity contribution is 0.103. The van der Waals surface area contributed by atoms with Crippen LogP contribution in [0.5, 0.6) is 0 Å². The molecule has 1 fully saturated rings. The molecule has 0 radical (unpaired) electrons. The Kier molecular flexibility index (Phi) is 4.66. The van der Waals surface area contributed by atoms with Crippen molar-refractivity contribution in [3.05, 3.63) is 47.7 Å². The SMILES string of the molecule is Cl.N[C@@H](Cc1c[nH]c2ccccc12)c1nc(C2CCCO2)no1. The van der Waals surface area contributed by atoms with Gasteiger partial charge in [-0.15, -0.1) is 12.4 Å². The fourth-order valence-corrected chi connectivity index (χ4v) is 2.93. The predicted octanol–water partition coefficient (Wildman–Crippen LogP) is 3.07. The molecular weight excluding hydrogens is 316 g/mol. The van der Waals surface area contributed by atoms with Crippen LogP contribution < -0.4 is 5.73 Å². The van der Waals surface area contributed by atoms with Gasteiger partial charge < -0.3 is 20.0 Å². The zero-order chi connectivity index (χ0) is 14.9. The van der Waals surface area contributed by atoms with Gasteiger partial charge in [-0.05, 0) is 30.9 Å². The molecule has 7 heteroatoms. The number of halogens is 1. The third kappa shape index (κ3) is 3.10. The first-order valence-corrected chi connectivity index (χ1v) is 7.57. The number of nitrogens with zero attached hydrogens (tertiary/aromatic N) is 2. The van der Waals surface area contributed by atoms with E-state index in [4.69, 9.17) is 15.0 Å². The summed E-state index contributed by atoms with van der Waals surface area (Å²) in [7, 11) is 0. The van der Waals surface area contributed by atoms with Crippen LogP contribution in [0.3, 0.4) is 0 Å². The number of rotatable bonds is 4. The number of nitrogens with one attached hydrogen (secondary N) is 1. The molecule has 1 aliphatic heterocycles. The summed E-state index contributed by atoms with van der Waals surface area (Å²) in [4.78, 5) is 7.67. The summed E-state index contributed by atoms with van der Waals surface area (Å²) in [6.07, 6.45) is 4.57. The number of hydrogen-bond acceptors (Lipinski definition) is 5. The van der Waals surface area contributed by atoms with Gasteiger partial charge in [-0.3, -0.25) is 0 Å². The van der Waals surface area contributed by atoms with Crippen LogP contribution >= 0.6 is 12.4 Å². The van der Waals surface area contributed by atoms with Crippen LogP contribution in [0.25, 0.3) is 10.9 Å². The Morgan fingerprint density at radius 3 is 3.04 bits per heavy atom. The Labute approximate surface area is 139 Å². The Morgan fingerprint density at radius 1 is 1.35 bits per heavy atom. The maximum absolute atomic E-state index is 6.24. The van der Waals surface area contributed by atoms with Gasteiger partial charge in [0.1, 0.15) is 6.10 Å². The summed E-state index contributed by atoms with van der Waals surface area (Å²) in [6.45, 7) is 0.760. The van der Waals surface area contributed by atoms with E-state index in [2.05, 4.69) is 21.2 Å². The van der Waals surface area contributed by atoms with Crippen LogP contribution in [0.1, 0.15) is 42.3 Å². The lowest BCUT2D eigenvalue weighted by atomic mass is 10.1. The summed E-state index contributed by atoms with van der Waals surface area (Å²) in [5.74, 6) is 1.08. The molecule has 3 heterocycles. The number of fused-ring (bicyclic) bond motifs is 1. The van der Waals surface area contributed by atoms with E-state index >= 15 is 0 Å². The largest absolute Gasteiger partial charge is 0.370 e. The molecule has 0 bridgehead atoms. The highest BCUT2D eigenvalue weighted by atomic mass is 35.5. The van der Waals surface area contributed by atoms with Crippen LogP contribution in [-0.4, -0.2) is 21.7 Å². The molecule has 0 saturated carbocycles. The molecule has 6 nitrogen and oxygen atoms in total. The van der Waals surface area contributed by atoms with Crippen molar-refractivity contribution >= 4 is 23.3 Å². The van der Waals surface area contributed by atoms with Gasteiger partial charge in [0.05, 0.1) is 6.04 Å². The van der Waals surface area contributed by atoms with Gasteiger partial charge in [0.2, 0.25) is 11.7 Å². The molecule has 1 aromatic carbocycles. The second-order valence-corrected chi connectivity index (χ2v) is 5.66. The number of ether oxygens (including phenoxy) is 1. The van der Waals surface area contributed by atoms with Gasteiger partial charge in [-0.25, -0.2) is 0 Å². The lowest BCUT2D eigenvalue weighted by Crippen LogP contribution is -2.14. The Balaban J connectivity index is 0.00000156. The van der Waals surface area contributed by atoms with E-state index in [1.165, 1.54) is 5.39 Å². The molecule has 4 rings (SSSR count). The third-order valence-electron chi connectivity index (χ3n) is 4.11. The quantitative estimate of drug-likeness (QED) is 0.765. The minimum atomic E-state index is -0.318. The van der Waals surface area contributed by atoms with E-state index in [1.807, 2.05) is 24.4 Å². The average molecular weight is 335 g/mol. The summed E-state index contributed by atoms with van der Waals surface area (Å²) in [6, 6.07) is 7.84. The van der Waals surface area contributed by atoms with Gasteiger partial charge in [-0.1, -0.05) is 23.4 Å². The standard InChI is InChI=1S/C16H18N4O2.ClH/c17-12(8-10-9-18-13-5-2-1-4-11(10)13)16-19-15(20-22-16)14-6-3-7-21-14;/h1-2,4-5,9,12,14,18H,3,6-8,17H2;1H/t12-,14?;/m0./s1. The van der Waals surface area contributed by atoms with E-state index in [0.29, 0.717) is 18.1 Å². The van der Waals surface area contributed by atoms with Crippen molar-refractivity contribution in [2.75, 3.05) is 6.61 Å². The third-order valence-corrected chi connectivity index (χ3v) is 4.11. The summed E-state index contributed by atoms with van der Waals surface area (Å²) in [5.41, 5.74) is 8.50. The fourth-order valence-electron chi connectivity index (χ4n) is 2.93. The maximum atomic E-state index is 6.24. The van der Waals surface area contributed by atoms with E-state index in [1.54, 1.807) is 0 Å². The van der Waals surface area contributed by atoms with Crippen molar-refractivity contribution in [3.8, 4) is 0 Å². The van der Waals surface area contributed by atoms with E-state index in [9.17, 15) is 0 Å². The highest BCUT2D eigenvalue weighted by Crippen LogP contribution is 2.28. The number of benzene rings is 1. The first kappa shape index (κ1) is 16.0. The number of aromatic nitrogens is 3. The molecule has 1 unspecified atom stereocenters. The molecule has 122 valence electrons. The first-order valence-electron chi connectivity index (χ1n) is 7.57. The van der Waals surface area contributed by atoms with E-state index in [0.717, 1.165) is 30.5 Å². The normalized spacial score (nSPS) is 18.9. The summed E-state index contributed by atoms with van der Waals surface area (Å²) < 4.78 is 10.9. The fraction of sp³-hybridized carbons (Fsp3) is 0.375. The molecule has 23 heavy (non-hydrogen) atoms. The predicted molar refractivity (Wildman–Crippen MR) is 88.4 cm³/mol. The van der Waals surface area contributed by atoms with Crippen LogP contribution in [0, 0.1) is 0 Å². The van der Waals surface area contributed by atoms with Crippen molar-refractivity contribution < 1.29 is 9.26 Å². The van der Waals surface area contributed by atoms with Crippen LogP contribution in [0.4, 0.5) is 0 Å². The Bertz CT molecular complexity index is 779. The van der Waals surface area contributed by atoms with Crippen molar-refractivity contribution in [3.63, 3.8) is 0 Å². The van der Waals surface area contributed by atoms with Gasteiger partial charge in [0.15, 0.2) is 0 Å². The van der Waals surface area contributed by atoms with Gasteiger partial charge in [0, 0.05) is 23.7 Å². The molecule has 0 aliphatic carbocycles. The molecule has 3 N–H and O–H groups in total. The van der Waals surface area contributed by atoms with E-state index in [-0.39, 0.29) is 24.6 Å². The molecule has 0 spiro atoms. The van der Waals surface area contributed by atoms with Crippen molar-refractivity contribution in [1.29, 1.82) is 0 Å². The highest BCUT2D eigenvalue weighted by molar-refractivity contribution is 5.85. The highest BCUT2D eigenvalue weighted by Gasteiger charge is 2.25. The van der Waals surface area contributed by atoms with Crippen LogP contribution in [0.2, 0.25) is 0 Å². The smallest absolute Gasteiger partial charge is 0.243 e. The second kappa shape index (κ2) is 6.70. The van der Waals surface area contributed by atoms with Crippen LogP contribution in [0.15, 0.2) is 35.0 Å². The lowest BCUT2D eigenvalue weighted by Gasteiger charge is -2.05. The minimum Gasteiger partial charge on any atom is -0.370 e. The summed E-state index contributed by atoms with van der Waals surface area (Å²) >= 11 is 0. The van der Waals surface area contributed by atoms with Gasteiger partial charge in [-0.2, -0.15) is 4.98 Å². The molecular formula is C16H19ClN4O2. The first-order chi connectivity index (χ1) is 10.8. The number of aromatic amines is 1.